The predicted molar refractivity (Wildman–Crippen MR) is 81.1 cm³/mol. The molecule has 1 aromatic carbocycles. The van der Waals surface area contributed by atoms with Crippen molar-refractivity contribution < 1.29 is 13.2 Å². The van der Waals surface area contributed by atoms with Crippen LogP contribution >= 0.6 is 0 Å². The molecule has 0 atom stereocenters. The number of sulfonamides is 1. The minimum absolute atomic E-state index is 0.0190. The van der Waals surface area contributed by atoms with Crippen molar-refractivity contribution in [1.82, 2.24) is 5.32 Å². The van der Waals surface area contributed by atoms with Gasteiger partial charge >= 0.3 is 0 Å². The molecule has 0 spiro atoms. The summed E-state index contributed by atoms with van der Waals surface area (Å²) in [6.07, 6.45) is 2.13. The fourth-order valence-electron chi connectivity index (χ4n) is 2.52. The van der Waals surface area contributed by atoms with E-state index in [0.717, 1.165) is 12.8 Å². The number of hydrogen-bond acceptors (Lipinski definition) is 3. The van der Waals surface area contributed by atoms with E-state index < -0.39 is 10.0 Å². The molecule has 1 aliphatic rings. The van der Waals surface area contributed by atoms with Gasteiger partial charge in [0.05, 0.1) is 11.3 Å². The monoisotopic (exact) mass is 310 g/mol. The Labute approximate surface area is 126 Å². The molecule has 3 N–H and O–H groups in total. The second-order valence-electron chi connectivity index (χ2n) is 6.75. The first-order valence-corrected chi connectivity index (χ1v) is 8.51. The van der Waals surface area contributed by atoms with Crippen LogP contribution in [-0.2, 0) is 21.2 Å². The fourth-order valence-corrected chi connectivity index (χ4v) is 3.10. The zero-order valence-corrected chi connectivity index (χ0v) is 13.5. The van der Waals surface area contributed by atoms with Gasteiger partial charge in [0.25, 0.3) is 0 Å². The molecule has 1 amide bonds. The molecule has 116 valence electrons. The van der Waals surface area contributed by atoms with Gasteiger partial charge in [-0.2, -0.15) is 0 Å². The summed E-state index contributed by atoms with van der Waals surface area (Å²) in [6, 6.07) is 6.20. The standard InChI is InChI=1S/C15H22N2O3S/c1-14(2,3)15(7-8-15)17-13(18)10-11-5-4-6-12(9-11)21(16,19)20/h4-6,9H,7-8,10H2,1-3H3,(H,17,18)(H2,16,19,20). The van der Waals surface area contributed by atoms with E-state index >= 15 is 0 Å². The third-order valence-electron chi connectivity index (χ3n) is 4.16. The lowest BCUT2D eigenvalue weighted by molar-refractivity contribution is -0.122. The number of carbonyl (C=O) groups is 1. The van der Waals surface area contributed by atoms with Crippen LogP contribution in [0.25, 0.3) is 0 Å². The molecule has 21 heavy (non-hydrogen) atoms. The number of nitrogens with one attached hydrogen (secondary N) is 1. The van der Waals surface area contributed by atoms with Crippen LogP contribution in [0.5, 0.6) is 0 Å². The van der Waals surface area contributed by atoms with Gasteiger partial charge in [0.2, 0.25) is 15.9 Å². The van der Waals surface area contributed by atoms with Gasteiger partial charge in [0.15, 0.2) is 0 Å². The Morgan fingerprint density at radius 1 is 1.33 bits per heavy atom. The molecule has 1 aliphatic carbocycles. The van der Waals surface area contributed by atoms with Gasteiger partial charge < -0.3 is 5.32 Å². The summed E-state index contributed by atoms with van der Waals surface area (Å²) in [4.78, 5) is 12.2. The van der Waals surface area contributed by atoms with Gasteiger partial charge in [-0.15, -0.1) is 0 Å². The topological polar surface area (TPSA) is 89.3 Å². The quantitative estimate of drug-likeness (QED) is 0.884. The predicted octanol–water partition coefficient (Wildman–Crippen LogP) is 1.57. The summed E-state index contributed by atoms with van der Waals surface area (Å²) in [6.45, 7) is 6.34. The lowest BCUT2D eigenvalue weighted by Gasteiger charge is -2.31. The maximum absolute atomic E-state index is 12.2. The third-order valence-corrected chi connectivity index (χ3v) is 5.07. The van der Waals surface area contributed by atoms with Gasteiger partial charge in [-0.05, 0) is 36.0 Å². The van der Waals surface area contributed by atoms with Crippen LogP contribution in [0, 0.1) is 5.41 Å². The van der Waals surface area contributed by atoms with Crippen molar-refractivity contribution in [3.8, 4) is 0 Å². The highest BCUT2D eigenvalue weighted by molar-refractivity contribution is 7.89. The molecule has 0 radical (unpaired) electrons. The van der Waals surface area contributed by atoms with E-state index in [2.05, 4.69) is 26.1 Å². The zero-order valence-electron chi connectivity index (χ0n) is 12.6. The van der Waals surface area contributed by atoms with Crippen molar-refractivity contribution >= 4 is 15.9 Å². The molecular formula is C15H22N2O3S. The van der Waals surface area contributed by atoms with Gasteiger partial charge in [-0.1, -0.05) is 32.9 Å². The summed E-state index contributed by atoms with van der Waals surface area (Å²) in [5, 5.41) is 8.19. The average Bonchev–Trinajstić information content (AvgIpc) is 3.08. The minimum atomic E-state index is -3.74. The SMILES string of the molecule is CC(C)(C)C1(NC(=O)Cc2cccc(S(N)(=O)=O)c2)CC1. The van der Waals surface area contributed by atoms with Crippen molar-refractivity contribution in [3.05, 3.63) is 29.8 Å². The molecule has 0 saturated heterocycles. The highest BCUT2D eigenvalue weighted by Crippen LogP contribution is 2.49. The number of amides is 1. The van der Waals surface area contributed by atoms with E-state index in [4.69, 9.17) is 5.14 Å². The Kier molecular flexibility index (Phi) is 3.88. The minimum Gasteiger partial charge on any atom is -0.350 e. The highest BCUT2D eigenvalue weighted by atomic mass is 32.2. The maximum Gasteiger partial charge on any atom is 0.238 e. The summed E-state index contributed by atoms with van der Waals surface area (Å²) in [7, 11) is -3.74. The molecule has 0 aliphatic heterocycles. The second kappa shape index (κ2) is 5.10. The summed E-state index contributed by atoms with van der Waals surface area (Å²) in [5.41, 5.74) is 0.538. The number of nitrogens with two attached hydrogens (primary N) is 1. The van der Waals surface area contributed by atoms with E-state index in [0.29, 0.717) is 5.56 Å². The van der Waals surface area contributed by atoms with Crippen LogP contribution in [0.3, 0.4) is 0 Å². The average molecular weight is 310 g/mol. The van der Waals surface area contributed by atoms with E-state index in [1.807, 2.05) is 0 Å². The highest BCUT2D eigenvalue weighted by Gasteiger charge is 2.52. The maximum atomic E-state index is 12.2. The zero-order chi connectivity index (χ0) is 15.9. The Morgan fingerprint density at radius 3 is 2.43 bits per heavy atom. The van der Waals surface area contributed by atoms with Gasteiger partial charge in [0, 0.05) is 5.54 Å². The van der Waals surface area contributed by atoms with Crippen molar-refractivity contribution in [3.63, 3.8) is 0 Å². The molecule has 0 bridgehead atoms. The lowest BCUT2D eigenvalue weighted by Crippen LogP contribution is -2.46. The van der Waals surface area contributed by atoms with Gasteiger partial charge in [0.1, 0.15) is 0 Å². The van der Waals surface area contributed by atoms with Gasteiger partial charge in [-0.25, -0.2) is 13.6 Å². The lowest BCUT2D eigenvalue weighted by atomic mass is 9.84. The second-order valence-corrected chi connectivity index (χ2v) is 8.31. The largest absolute Gasteiger partial charge is 0.350 e. The first-order chi connectivity index (χ1) is 9.53. The van der Waals surface area contributed by atoms with Crippen molar-refractivity contribution in [1.29, 1.82) is 0 Å². The van der Waals surface area contributed by atoms with Crippen LogP contribution in [0.4, 0.5) is 0 Å². The molecule has 5 nitrogen and oxygen atoms in total. The number of rotatable bonds is 4. The normalized spacial score (nSPS) is 17.3. The Balaban J connectivity index is 2.08. The smallest absolute Gasteiger partial charge is 0.238 e. The van der Waals surface area contributed by atoms with Crippen molar-refractivity contribution in [2.24, 2.45) is 10.6 Å². The molecular weight excluding hydrogens is 288 g/mol. The molecule has 1 aromatic rings. The van der Waals surface area contributed by atoms with Crippen molar-refractivity contribution in [2.45, 2.75) is 50.5 Å². The molecule has 6 heteroatoms. The van der Waals surface area contributed by atoms with E-state index in [1.165, 1.54) is 12.1 Å². The summed E-state index contributed by atoms with van der Waals surface area (Å²) in [5.74, 6) is -0.0889. The van der Waals surface area contributed by atoms with Crippen LogP contribution in [0.1, 0.15) is 39.2 Å². The Morgan fingerprint density at radius 2 is 1.95 bits per heavy atom. The molecule has 2 rings (SSSR count). The summed E-state index contributed by atoms with van der Waals surface area (Å²) >= 11 is 0. The molecule has 0 heterocycles. The molecule has 0 unspecified atom stereocenters. The van der Waals surface area contributed by atoms with Crippen LogP contribution in [-0.4, -0.2) is 19.9 Å². The van der Waals surface area contributed by atoms with Crippen LogP contribution in [0.15, 0.2) is 29.2 Å². The molecule has 1 fully saturated rings. The number of carbonyl (C=O) groups excluding carboxylic acids is 1. The van der Waals surface area contributed by atoms with Crippen molar-refractivity contribution in [2.75, 3.05) is 0 Å². The Hall–Kier alpha value is -1.40. The van der Waals surface area contributed by atoms with E-state index in [-0.39, 0.29) is 28.2 Å². The Bertz CT molecular complexity index is 656. The fraction of sp³-hybridized carbons (Fsp3) is 0.533. The molecule has 1 saturated carbocycles. The molecule has 0 aromatic heterocycles. The van der Waals surface area contributed by atoms with Crippen LogP contribution in [0.2, 0.25) is 0 Å². The number of benzene rings is 1. The number of primary sulfonamides is 1. The third kappa shape index (κ3) is 3.63. The van der Waals surface area contributed by atoms with Crippen LogP contribution < -0.4 is 10.5 Å². The van der Waals surface area contributed by atoms with E-state index in [1.54, 1.807) is 12.1 Å². The first kappa shape index (κ1) is 16.0. The first-order valence-electron chi connectivity index (χ1n) is 6.96. The van der Waals surface area contributed by atoms with Gasteiger partial charge in [-0.3, -0.25) is 4.79 Å². The van der Waals surface area contributed by atoms with E-state index in [9.17, 15) is 13.2 Å². The summed E-state index contributed by atoms with van der Waals surface area (Å²) < 4.78 is 22.6. The number of hydrogen-bond donors (Lipinski definition) is 2.